The van der Waals surface area contributed by atoms with E-state index in [-0.39, 0.29) is 11.7 Å². The third kappa shape index (κ3) is 2.56. The molecule has 5 nitrogen and oxygen atoms in total. The molecule has 1 aromatic heterocycles. The van der Waals surface area contributed by atoms with Crippen molar-refractivity contribution in [3.63, 3.8) is 0 Å². The zero-order valence-electron chi connectivity index (χ0n) is 9.33. The number of nitrogens with zero attached hydrogens (tertiary/aromatic N) is 1. The van der Waals surface area contributed by atoms with E-state index in [1.807, 2.05) is 20.8 Å². The molecule has 0 aliphatic heterocycles. The molecule has 0 aromatic carbocycles. The van der Waals surface area contributed by atoms with Crippen LogP contribution in [0.25, 0.3) is 0 Å². The normalized spacial score (nSPS) is 12.7. The molecule has 1 heterocycles. The first-order chi connectivity index (χ1) is 7.10. The molecule has 0 amide bonds. The second kappa shape index (κ2) is 4.93. The minimum Gasteiger partial charge on any atom is -0.383 e. The summed E-state index contributed by atoms with van der Waals surface area (Å²) in [6.45, 7) is 6.15. The van der Waals surface area contributed by atoms with Gasteiger partial charge in [-0.3, -0.25) is 4.79 Å². The molecule has 84 valence electrons. The van der Waals surface area contributed by atoms with Crippen LogP contribution in [0.4, 0.5) is 5.82 Å². The number of aromatic nitrogens is 2. The van der Waals surface area contributed by atoms with Crippen molar-refractivity contribution in [2.24, 2.45) is 0 Å². The van der Waals surface area contributed by atoms with Crippen LogP contribution >= 0.6 is 0 Å². The van der Waals surface area contributed by atoms with E-state index >= 15 is 0 Å². The van der Waals surface area contributed by atoms with Crippen molar-refractivity contribution in [2.45, 2.75) is 33.3 Å². The number of hydrogen-bond donors (Lipinski definition) is 2. The van der Waals surface area contributed by atoms with Crippen molar-refractivity contribution < 1.29 is 4.74 Å². The number of nitrogens with two attached hydrogens (primary N) is 1. The van der Waals surface area contributed by atoms with Crippen LogP contribution in [-0.2, 0) is 11.2 Å². The van der Waals surface area contributed by atoms with Crippen LogP contribution in [0.15, 0.2) is 4.79 Å². The van der Waals surface area contributed by atoms with Gasteiger partial charge in [0.05, 0.1) is 5.56 Å². The van der Waals surface area contributed by atoms with Gasteiger partial charge < -0.3 is 15.5 Å². The van der Waals surface area contributed by atoms with Crippen molar-refractivity contribution in [3.8, 4) is 0 Å². The highest BCUT2D eigenvalue weighted by Gasteiger charge is 2.12. The van der Waals surface area contributed by atoms with E-state index in [0.29, 0.717) is 30.2 Å². The molecule has 5 heteroatoms. The molecule has 1 rings (SSSR count). The molecule has 0 saturated heterocycles. The lowest BCUT2D eigenvalue weighted by Gasteiger charge is -2.12. The highest BCUT2D eigenvalue weighted by atomic mass is 16.5. The number of rotatable bonds is 4. The van der Waals surface area contributed by atoms with E-state index in [0.717, 1.165) is 0 Å². The van der Waals surface area contributed by atoms with Gasteiger partial charge >= 0.3 is 0 Å². The molecule has 0 aliphatic carbocycles. The van der Waals surface area contributed by atoms with Crippen LogP contribution < -0.4 is 11.3 Å². The standard InChI is InChI=1S/C10H17N3O2/c1-4-7-8(11)12-9(13-10(7)14)6(3)15-5-2/h6H,4-5H2,1-3H3,(H3,11,12,13,14). The Kier molecular flexibility index (Phi) is 3.85. The zero-order chi connectivity index (χ0) is 11.4. The summed E-state index contributed by atoms with van der Waals surface area (Å²) >= 11 is 0. The summed E-state index contributed by atoms with van der Waals surface area (Å²) in [6.07, 6.45) is 0.341. The summed E-state index contributed by atoms with van der Waals surface area (Å²) in [6, 6.07) is 0. The fourth-order valence-corrected chi connectivity index (χ4v) is 1.40. The van der Waals surface area contributed by atoms with Crippen LogP contribution in [0, 0.1) is 0 Å². The minimum absolute atomic E-state index is 0.174. The predicted octanol–water partition coefficient (Wildman–Crippen LogP) is 1.01. The van der Waals surface area contributed by atoms with Gasteiger partial charge in [0.25, 0.3) is 5.56 Å². The van der Waals surface area contributed by atoms with Crippen molar-refractivity contribution in [3.05, 3.63) is 21.7 Å². The largest absolute Gasteiger partial charge is 0.383 e. The van der Waals surface area contributed by atoms with Crippen molar-refractivity contribution >= 4 is 5.82 Å². The maximum absolute atomic E-state index is 11.6. The third-order valence-electron chi connectivity index (χ3n) is 2.22. The maximum atomic E-state index is 11.6. The molecular weight excluding hydrogens is 194 g/mol. The van der Waals surface area contributed by atoms with Gasteiger partial charge in [-0.2, -0.15) is 0 Å². The van der Waals surface area contributed by atoms with Crippen LogP contribution in [0.1, 0.15) is 38.3 Å². The summed E-state index contributed by atoms with van der Waals surface area (Å²) in [5.41, 5.74) is 6.04. The lowest BCUT2D eigenvalue weighted by Crippen LogP contribution is -2.21. The summed E-state index contributed by atoms with van der Waals surface area (Å²) in [5.74, 6) is 0.777. The SMILES string of the molecule is CCOC(C)c1nc(N)c(CC)c(=O)[nH]1. The summed E-state index contributed by atoms with van der Waals surface area (Å²) in [4.78, 5) is 18.4. The Morgan fingerprint density at radius 2 is 2.20 bits per heavy atom. The fraction of sp³-hybridized carbons (Fsp3) is 0.600. The van der Waals surface area contributed by atoms with E-state index in [9.17, 15) is 4.79 Å². The van der Waals surface area contributed by atoms with Crippen LogP contribution in [0.2, 0.25) is 0 Å². The smallest absolute Gasteiger partial charge is 0.256 e. The van der Waals surface area contributed by atoms with Crippen LogP contribution in [-0.4, -0.2) is 16.6 Å². The molecule has 0 aliphatic rings. The van der Waals surface area contributed by atoms with E-state index in [2.05, 4.69) is 9.97 Å². The quantitative estimate of drug-likeness (QED) is 0.778. The number of H-pyrrole nitrogens is 1. The molecule has 1 atom stereocenters. The van der Waals surface area contributed by atoms with Gasteiger partial charge in [-0.1, -0.05) is 6.92 Å². The highest BCUT2D eigenvalue weighted by molar-refractivity contribution is 5.37. The van der Waals surface area contributed by atoms with E-state index in [1.165, 1.54) is 0 Å². The number of hydrogen-bond acceptors (Lipinski definition) is 4. The summed E-state index contributed by atoms with van der Waals surface area (Å²) in [7, 11) is 0. The van der Waals surface area contributed by atoms with Crippen molar-refractivity contribution in [1.29, 1.82) is 0 Å². The average Bonchev–Trinajstić information content (AvgIpc) is 2.17. The Labute approximate surface area is 88.7 Å². The Morgan fingerprint density at radius 1 is 1.53 bits per heavy atom. The lowest BCUT2D eigenvalue weighted by atomic mass is 10.2. The molecular formula is C10H17N3O2. The number of ether oxygens (including phenoxy) is 1. The monoisotopic (exact) mass is 211 g/mol. The molecule has 0 spiro atoms. The molecule has 0 saturated carbocycles. The second-order valence-corrected chi connectivity index (χ2v) is 3.27. The number of nitrogen functional groups attached to an aromatic ring is 1. The van der Waals surface area contributed by atoms with E-state index < -0.39 is 0 Å². The summed E-state index contributed by atoms with van der Waals surface area (Å²) < 4.78 is 5.32. The first-order valence-corrected chi connectivity index (χ1v) is 5.10. The average molecular weight is 211 g/mol. The molecule has 0 fully saturated rings. The first kappa shape index (κ1) is 11.7. The van der Waals surface area contributed by atoms with Gasteiger partial charge in [-0.25, -0.2) is 4.98 Å². The summed E-state index contributed by atoms with van der Waals surface area (Å²) in [5, 5.41) is 0. The Bertz CT molecular complexity index is 387. The van der Waals surface area contributed by atoms with Crippen LogP contribution in [0.3, 0.4) is 0 Å². The molecule has 0 radical (unpaired) electrons. The molecule has 1 unspecified atom stereocenters. The second-order valence-electron chi connectivity index (χ2n) is 3.27. The Morgan fingerprint density at radius 3 is 2.67 bits per heavy atom. The first-order valence-electron chi connectivity index (χ1n) is 5.10. The third-order valence-corrected chi connectivity index (χ3v) is 2.22. The predicted molar refractivity (Wildman–Crippen MR) is 58.7 cm³/mol. The van der Waals surface area contributed by atoms with Crippen molar-refractivity contribution in [1.82, 2.24) is 9.97 Å². The minimum atomic E-state index is -0.240. The topological polar surface area (TPSA) is 81.0 Å². The van der Waals surface area contributed by atoms with Crippen LogP contribution in [0.5, 0.6) is 0 Å². The van der Waals surface area contributed by atoms with Gasteiger partial charge in [-0.15, -0.1) is 0 Å². The van der Waals surface area contributed by atoms with Gasteiger partial charge in [0.2, 0.25) is 0 Å². The van der Waals surface area contributed by atoms with Gasteiger partial charge in [0.15, 0.2) is 0 Å². The molecule has 15 heavy (non-hydrogen) atoms. The Balaban J connectivity index is 3.08. The van der Waals surface area contributed by atoms with Gasteiger partial charge in [0.1, 0.15) is 17.7 Å². The molecule has 1 aromatic rings. The Hall–Kier alpha value is -1.36. The van der Waals surface area contributed by atoms with E-state index in [1.54, 1.807) is 0 Å². The number of anilines is 1. The number of nitrogens with one attached hydrogen (secondary N) is 1. The molecule has 3 N–H and O–H groups in total. The van der Waals surface area contributed by atoms with E-state index in [4.69, 9.17) is 10.5 Å². The maximum Gasteiger partial charge on any atom is 0.256 e. The highest BCUT2D eigenvalue weighted by Crippen LogP contribution is 2.12. The zero-order valence-corrected chi connectivity index (χ0v) is 9.33. The van der Waals surface area contributed by atoms with Crippen molar-refractivity contribution in [2.75, 3.05) is 12.3 Å². The lowest BCUT2D eigenvalue weighted by molar-refractivity contribution is 0.0699. The fourth-order valence-electron chi connectivity index (χ4n) is 1.40. The van der Waals surface area contributed by atoms with Gasteiger partial charge in [0, 0.05) is 6.61 Å². The van der Waals surface area contributed by atoms with Gasteiger partial charge in [-0.05, 0) is 20.3 Å². The molecule has 0 bridgehead atoms. The number of aromatic amines is 1.